The number of para-hydroxylation sites is 1. The van der Waals surface area contributed by atoms with Gasteiger partial charge in [-0.1, -0.05) is 30.3 Å². The molecule has 1 aliphatic rings. The molecule has 5 rings (SSSR count). The lowest BCUT2D eigenvalue weighted by molar-refractivity contribution is 0.0956. The molecule has 7 nitrogen and oxygen atoms in total. The molecule has 1 saturated heterocycles. The summed E-state index contributed by atoms with van der Waals surface area (Å²) in [6.45, 7) is 3.29. The molecule has 164 valence electrons. The quantitative estimate of drug-likeness (QED) is 0.378. The van der Waals surface area contributed by atoms with Crippen molar-refractivity contribution in [2.24, 2.45) is 5.10 Å². The number of hydrogen-bond acceptors (Lipinski definition) is 6. The van der Waals surface area contributed by atoms with Gasteiger partial charge in [0.05, 0.1) is 36.2 Å². The highest BCUT2D eigenvalue weighted by molar-refractivity contribution is 6.07. The number of morpholine rings is 1. The minimum absolute atomic E-state index is 0.292. The minimum Gasteiger partial charge on any atom is -0.378 e. The van der Waals surface area contributed by atoms with E-state index in [4.69, 9.17) is 9.72 Å². The highest BCUT2D eigenvalue weighted by atomic mass is 16.5. The summed E-state index contributed by atoms with van der Waals surface area (Å²) >= 11 is 0. The molecule has 0 aliphatic carbocycles. The van der Waals surface area contributed by atoms with Crippen molar-refractivity contribution in [1.82, 2.24) is 15.4 Å². The molecule has 7 heteroatoms. The van der Waals surface area contributed by atoms with Crippen molar-refractivity contribution in [3.8, 4) is 11.3 Å². The SMILES string of the molecule is O=C(NN=Cc1ccc(N2CCOCC2)cc1)c1cc(-c2cccnc2)nc2ccccc12. The van der Waals surface area contributed by atoms with E-state index >= 15 is 0 Å². The molecule has 0 bridgehead atoms. The van der Waals surface area contributed by atoms with E-state index in [1.807, 2.05) is 48.5 Å². The molecule has 1 fully saturated rings. The van der Waals surface area contributed by atoms with Crippen LogP contribution in [0, 0.1) is 0 Å². The van der Waals surface area contributed by atoms with E-state index in [-0.39, 0.29) is 5.91 Å². The zero-order valence-electron chi connectivity index (χ0n) is 18.0. The Bertz CT molecular complexity index is 1280. The van der Waals surface area contributed by atoms with Crippen LogP contribution in [0.15, 0.2) is 84.2 Å². The molecule has 2 aromatic carbocycles. The van der Waals surface area contributed by atoms with Crippen LogP contribution in [0.4, 0.5) is 5.69 Å². The van der Waals surface area contributed by atoms with E-state index in [9.17, 15) is 4.79 Å². The second-order valence-electron chi connectivity index (χ2n) is 7.70. The topological polar surface area (TPSA) is 79.7 Å². The zero-order chi connectivity index (χ0) is 22.5. The van der Waals surface area contributed by atoms with Crippen LogP contribution in [0.1, 0.15) is 15.9 Å². The van der Waals surface area contributed by atoms with Crippen molar-refractivity contribution in [2.75, 3.05) is 31.2 Å². The first-order chi connectivity index (χ1) is 16.3. The Labute approximate surface area is 191 Å². The van der Waals surface area contributed by atoms with Gasteiger partial charge in [0, 0.05) is 42.1 Å². The van der Waals surface area contributed by atoms with E-state index in [0.717, 1.165) is 54.0 Å². The number of fused-ring (bicyclic) bond motifs is 1. The Morgan fingerprint density at radius 2 is 1.85 bits per heavy atom. The molecule has 4 aromatic rings. The van der Waals surface area contributed by atoms with Gasteiger partial charge in [-0.2, -0.15) is 5.10 Å². The molecule has 33 heavy (non-hydrogen) atoms. The maximum atomic E-state index is 13.0. The third kappa shape index (κ3) is 4.73. The lowest BCUT2D eigenvalue weighted by Crippen LogP contribution is -2.36. The number of rotatable bonds is 5. The van der Waals surface area contributed by atoms with Gasteiger partial charge in [-0.15, -0.1) is 0 Å². The lowest BCUT2D eigenvalue weighted by Gasteiger charge is -2.28. The summed E-state index contributed by atoms with van der Waals surface area (Å²) in [5, 5.41) is 4.95. The van der Waals surface area contributed by atoms with Crippen LogP contribution in [-0.2, 0) is 4.74 Å². The third-order valence-corrected chi connectivity index (χ3v) is 5.57. The summed E-state index contributed by atoms with van der Waals surface area (Å²) in [5.41, 5.74) is 7.51. The van der Waals surface area contributed by atoms with Crippen LogP contribution < -0.4 is 10.3 Å². The fourth-order valence-corrected chi connectivity index (χ4v) is 3.84. The molecule has 1 amide bonds. The monoisotopic (exact) mass is 437 g/mol. The van der Waals surface area contributed by atoms with Crippen LogP contribution >= 0.6 is 0 Å². The van der Waals surface area contributed by atoms with Crippen molar-refractivity contribution in [3.63, 3.8) is 0 Å². The Kier molecular flexibility index (Phi) is 6.04. The van der Waals surface area contributed by atoms with Crippen molar-refractivity contribution < 1.29 is 9.53 Å². The number of hydrogen-bond donors (Lipinski definition) is 1. The lowest BCUT2D eigenvalue weighted by atomic mass is 10.0. The fraction of sp³-hybridized carbons (Fsp3) is 0.154. The number of benzene rings is 2. The average Bonchev–Trinajstić information content (AvgIpc) is 2.89. The minimum atomic E-state index is -0.292. The van der Waals surface area contributed by atoms with Gasteiger partial charge in [0.1, 0.15) is 0 Å². The molecule has 0 saturated carbocycles. The number of anilines is 1. The van der Waals surface area contributed by atoms with Crippen molar-refractivity contribution in [3.05, 3.63) is 90.3 Å². The zero-order valence-corrected chi connectivity index (χ0v) is 18.0. The Hall–Kier alpha value is -4.10. The first kappa shape index (κ1) is 20.8. The first-order valence-corrected chi connectivity index (χ1v) is 10.8. The van der Waals surface area contributed by atoms with Gasteiger partial charge in [0.25, 0.3) is 5.91 Å². The largest absolute Gasteiger partial charge is 0.378 e. The van der Waals surface area contributed by atoms with Crippen molar-refractivity contribution in [1.29, 1.82) is 0 Å². The standard InChI is InChI=1S/C26H23N5O2/c32-26(30-28-17-19-7-9-21(10-8-19)31-12-14-33-15-13-31)23-16-25(20-4-3-11-27-18-20)29-24-6-2-1-5-22(23)24/h1-11,16-18H,12-15H2,(H,30,32). The summed E-state index contributed by atoms with van der Waals surface area (Å²) in [6.07, 6.45) is 5.09. The predicted octanol–water partition coefficient (Wildman–Crippen LogP) is 3.90. The summed E-state index contributed by atoms with van der Waals surface area (Å²) in [7, 11) is 0. The number of carbonyl (C=O) groups excluding carboxylic acids is 1. The van der Waals surface area contributed by atoms with E-state index in [0.29, 0.717) is 11.3 Å². The molecular weight excluding hydrogens is 414 g/mol. The Balaban J connectivity index is 1.34. The van der Waals surface area contributed by atoms with Gasteiger partial charge in [-0.3, -0.25) is 9.78 Å². The summed E-state index contributed by atoms with van der Waals surface area (Å²) in [5.74, 6) is -0.292. The molecule has 0 unspecified atom stereocenters. The second kappa shape index (κ2) is 9.58. The number of ether oxygens (including phenoxy) is 1. The normalized spacial score (nSPS) is 14.0. The Morgan fingerprint density at radius 1 is 1.03 bits per heavy atom. The van der Waals surface area contributed by atoms with Crippen LogP contribution in [-0.4, -0.2) is 48.4 Å². The smallest absolute Gasteiger partial charge is 0.272 e. The summed E-state index contributed by atoms with van der Waals surface area (Å²) in [6, 6.07) is 21.2. The Morgan fingerprint density at radius 3 is 2.64 bits per heavy atom. The van der Waals surface area contributed by atoms with E-state index in [2.05, 4.69) is 32.5 Å². The van der Waals surface area contributed by atoms with Crippen LogP contribution in [0.2, 0.25) is 0 Å². The number of hydrazone groups is 1. The van der Waals surface area contributed by atoms with Gasteiger partial charge in [0.2, 0.25) is 0 Å². The first-order valence-electron chi connectivity index (χ1n) is 10.8. The molecule has 0 atom stereocenters. The third-order valence-electron chi connectivity index (χ3n) is 5.57. The van der Waals surface area contributed by atoms with Crippen LogP contribution in [0.25, 0.3) is 22.2 Å². The van der Waals surface area contributed by atoms with Crippen LogP contribution in [0.5, 0.6) is 0 Å². The summed E-state index contributed by atoms with van der Waals surface area (Å²) < 4.78 is 5.41. The van der Waals surface area contributed by atoms with Crippen molar-refractivity contribution >= 4 is 28.7 Å². The highest BCUT2D eigenvalue weighted by Gasteiger charge is 2.14. The molecule has 2 aromatic heterocycles. The maximum Gasteiger partial charge on any atom is 0.272 e. The number of carbonyl (C=O) groups is 1. The predicted molar refractivity (Wildman–Crippen MR) is 130 cm³/mol. The maximum absolute atomic E-state index is 13.0. The molecular formula is C26H23N5O2. The summed E-state index contributed by atoms with van der Waals surface area (Å²) in [4.78, 5) is 24.2. The molecule has 1 aliphatic heterocycles. The number of nitrogens with zero attached hydrogens (tertiary/aromatic N) is 4. The van der Waals surface area contributed by atoms with E-state index < -0.39 is 0 Å². The fourth-order valence-electron chi connectivity index (χ4n) is 3.84. The molecule has 0 spiro atoms. The second-order valence-corrected chi connectivity index (χ2v) is 7.70. The van der Waals surface area contributed by atoms with Crippen LogP contribution in [0.3, 0.4) is 0 Å². The number of pyridine rings is 2. The van der Waals surface area contributed by atoms with Gasteiger partial charge < -0.3 is 9.64 Å². The number of amides is 1. The highest BCUT2D eigenvalue weighted by Crippen LogP contribution is 2.24. The van der Waals surface area contributed by atoms with Gasteiger partial charge in [-0.05, 0) is 42.0 Å². The van der Waals surface area contributed by atoms with Crippen molar-refractivity contribution in [2.45, 2.75) is 0 Å². The van der Waals surface area contributed by atoms with E-state index in [1.165, 1.54) is 0 Å². The van der Waals surface area contributed by atoms with Gasteiger partial charge in [0.15, 0.2) is 0 Å². The number of nitrogens with one attached hydrogen (secondary N) is 1. The molecule has 1 N–H and O–H groups in total. The average molecular weight is 438 g/mol. The van der Waals surface area contributed by atoms with Gasteiger partial charge >= 0.3 is 0 Å². The van der Waals surface area contributed by atoms with E-state index in [1.54, 1.807) is 24.7 Å². The number of aromatic nitrogens is 2. The molecule has 3 heterocycles. The van der Waals surface area contributed by atoms with Gasteiger partial charge in [-0.25, -0.2) is 10.4 Å². The molecule has 0 radical (unpaired) electrons.